The van der Waals surface area contributed by atoms with Gasteiger partial charge in [0.2, 0.25) is 0 Å². The van der Waals surface area contributed by atoms with Crippen molar-refractivity contribution in [1.82, 2.24) is 10.3 Å². The molecule has 0 aromatic carbocycles. The minimum Gasteiger partial charge on any atom is -0.357 e. The number of alkyl halides is 3. The molecule has 0 saturated heterocycles. The summed E-state index contributed by atoms with van der Waals surface area (Å²) in [5.41, 5.74) is -0.856. The van der Waals surface area contributed by atoms with Gasteiger partial charge in [0.25, 0.3) is 0 Å². The van der Waals surface area contributed by atoms with Crippen molar-refractivity contribution in [3.8, 4) is 0 Å². The third kappa shape index (κ3) is 5.17. The molecule has 20 heavy (non-hydrogen) atoms. The van der Waals surface area contributed by atoms with Gasteiger partial charge >= 0.3 is 6.18 Å². The van der Waals surface area contributed by atoms with E-state index in [0.717, 1.165) is 12.3 Å². The molecule has 1 rings (SSSR count). The van der Waals surface area contributed by atoms with E-state index in [4.69, 9.17) is 11.6 Å². The second-order valence-corrected chi connectivity index (χ2v) is 6.03. The van der Waals surface area contributed by atoms with Gasteiger partial charge in [-0.25, -0.2) is 4.98 Å². The fraction of sp³-hybridized carbons (Fsp3) is 0.615. The molecule has 7 heteroatoms. The lowest BCUT2D eigenvalue weighted by molar-refractivity contribution is -0.137. The number of pyridine rings is 1. The van der Waals surface area contributed by atoms with Crippen LogP contribution in [0.3, 0.4) is 0 Å². The van der Waals surface area contributed by atoms with E-state index in [1.807, 2.05) is 20.8 Å². The Kier molecular flexibility index (Phi) is 5.27. The molecule has 3 nitrogen and oxygen atoms in total. The number of hydrogen-bond donors (Lipinski definition) is 1. The van der Waals surface area contributed by atoms with Crippen LogP contribution in [0, 0.1) is 0 Å². The number of nitrogens with one attached hydrogen (secondary N) is 1. The van der Waals surface area contributed by atoms with E-state index in [2.05, 4.69) is 10.3 Å². The van der Waals surface area contributed by atoms with Gasteiger partial charge in [-0.1, -0.05) is 11.6 Å². The molecule has 0 saturated carbocycles. The first-order valence-electron chi connectivity index (χ1n) is 6.19. The van der Waals surface area contributed by atoms with Gasteiger partial charge < -0.3 is 10.2 Å². The molecule has 0 fully saturated rings. The number of hydrogen-bond acceptors (Lipinski definition) is 3. The number of nitrogens with zero attached hydrogens (tertiary/aromatic N) is 2. The SMILES string of the molecule is CN(CCNC(C)(C)C)c1ncc(C(F)(F)F)cc1Cl. The standard InChI is InChI=1S/C13H19ClF3N3/c1-12(2,3)19-5-6-20(4)11-10(14)7-9(8-18-11)13(15,16)17/h7-8,19H,5-6H2,1-4H3. The molecule has 1 N–H and O–H groups in total. The van der Waals surface area contributed by atoms with Crippen LogP contribution in [-0.2, 0) is 6.18 Å². The van der Waals surface area contributed by atoms with Gasteiger partial charge in [0, 0.05) is 31.9 Å². The van der Waals surface area contributed by atoms with Crippen LogP contribution >= 0.6 is 11.6 Å². The first-order chi connectivity index (χ1) is 9.00. The van der Waals surface area contributed by atoms with Gasteiger partial charge in [0.05, 0.1) is 10.6 Å². The predicted octanol–water partition coefficient (Wildman–Crippen LogP) is 3.58. The van der Waals surface area contributed by atoms with Crippen LogP contribution in [0.15, 0.2) is 12.3 Å². The topological polar surface area (TPSA) is 28.2 Å². The Morgan fingerprint density at radius 3 is 2.35 bits per heavy atom. The maximum atomic E-state index is 12.5. The minimum atomic E-state index is -4.43. The largest absolute Gasteiger partial charge is 0.417 e. The van der Waals surface area contributed by atoms with Crippen LogP contribution in [0.5, 0.6) is 0 Å². The molecule has 0 aliphatic rings. The zero-order chi connectivity index (χ0) is 15.6. The average Bonchev–Trinajstić information content (AvgIpc) is 2.25. The summed E-state index contributed by atoms with van der Waals surface area (Å²) in [5, 5.41) is 3.28. The summed E-state index contributed by atoms with van der Waals surface area (Å²) in [6.07, 6.45) is -3.63. The Hall–Kier alpha value is -1.01. The van der Waals surface area contributed by atoms with Crippen molar-refractivity contribution in [3.05, 3.63) is 22.8 Å². The number of likely N-dealkylation sites (N-methyl/N-ethyl adjacent to an activating group) is 1. The van der Waals surface area contributed by atoms with Crippen LogP contribution in [0.4, 0.5) is 19.0 Å². The van der Waals surface area contributed by atoms with E-state index in [0.29, 0.717) is 18.9 Å². The smallest absolute Gasteiger partial charge is 0.357 e. The summed E-state index contributed by atoms with van der Waals surface area (Å²) in [5.74, 6) is 0.343. The van der Waals surface area contributed by atoms with Gasteiger partial charge in [-0.2, -0.15) is 13.2 Å². The van der Waals surface area contributed by atoms with Crippen molar-refractivity contribution < 1.29 is 13.2 Å². The lowest BCUT2D eigenvalue weighted by Gasteiger charge is -2.24. The molecular weight excluding hydrogens is 291 g/mol. The Labute approximate surface area is 122 Å². The normalized spacial score (nSPS) is 12.6. The first-order valence-corrected chi connectivity index (χ1v) is 6.57. The average molecular weight is 310 g/mol. The number of anilines is 1. The van der Waals surface area contributed by atoms with Crippen LogP contribution in [-0.4, -0.2) is 30.7 Å². The zero-order valence-corrected chi connectivity index (χ0v) is 12.7. The zero-order valence-electron chi connectivity index (χ0n) is 12.0. The fourth-order valence-corrected chi connectivity index (χ4v) is 1.88. The molecule has 1 aromatic rings. The van der Waals surface area contributed by atoms with Crippen LogP contribution in [0.25, 0.3) is 0 Å². The third-order valence-electron chi connectivity index (χ3n) is 2.61. The first kappa shape index (κ1) is 17.0. The Bertz CT molecular complexity index is 455. The maximum absolute atomic E-state index is 12.5. The monoisotopic (exact) mass is 309 g/mol. The molecule has 0 amide bonds. The summed E-state index contributed by atoms with van der Waals surface area (Å²) in [7, 11) is 1.74. The molecule has 0 bridgehead atoms. The molecule has 0 unspecified atom stereocenters. The maximum Gasteiger partial charge on any atom is 0.417 e. The van der Waals surface area contributed by atoms with E-state index in [1.165, 1.54) is 0 Å². The lowest BCUT2D eigenvalue weighted by Crippen LogP contribution is -2.40. The molecule has 114 valence electrons. The fourth-order valence-electron chi connectivity index (χ4n) is 1.57. The molecule has 0 radical (unpaired) electrons. The van der Waals surface area contributed by atoms with Gasteiger partial charge in [0.15, 0.2) is 0 Å². The van der Waals surface area contributed by atoms with Crippen molar-refractivity contribution in [2.75, 3.05) is 25.0 Å². The molecule has 0 spiro atoms. The summed E-state index contributed by atoms with van der Waals surface area (Å²) in [6.45, 7) is 7.39. The second-order valence-electron chi connectivity index (χ2n) is 5.63. The molecule has 1 heterocycles. The van der Waals surface area contributed by atoms with E-state index < -0.39 is 11.7 Å². The molecule has 0 atom stereocenters. The summed E-state index contributed by atoms with van der Waals surface area (Å²) >= 11 is 5.87. The van der Waals surface area contributed by atoms with E-state index in [1.54, 1.807) is 11.9 Å². The van der Waals surface area contributed by atoms with Crippen molar-refractivity contribution in [2.24, 2.45) is 0 Å². The van der Waals surface area contributed by atoms with Gasteiger partial charge in [0.1, 0.15) is 5.82 Å². The Balaban J connectivity index is 2.72. The van der Waals surface area contributed by atoms with E-state index in [9.17, 15) is 13.2 Å². The second kappa shape index (κ2) is 6.18. The Morgan fingerprint density at radius 1 is 1.30 bits per heavy atom. The summed E-state index contributed by atoms with van der Waals surface area (Å²) < 4.78 is 37.5. The Morgan fingerprint density at radius 2 is 1.90 bits per heavy atom. The van der Waals surface area contributed by atoms with Crippen LogP contribution in [0.1, 0.15) is 26.3 Å². The summed E-state index contributed by atoms with van der Waals surface area (Å²) in [4.78, 5) is 5.53. The quantitative estimate of drug-likeness (QED) is 0.921. The number of aromatic nitrogens is 1. The highest BCUT2D eigenvalue weighted by Crippen LogP contribution is 2.33. The van der Waals surface area contributed by atoms with Crippen molar-refractivity contribution in [3.63, 3.8) is 0 Å². The van der Waals surface area contributed by atoms with Gasteiger partial charge in [-0.05, 0) is 26.8 Å². The number of rotatable bonds is 4. The molecule has 1 aromatic heterocycles. The predicted molar refractivity (Wildman–Crippen MR) is 75.3 cm³/mol. The van der Waals surface area contributed by atoms with Crippen molar-refractivity contribution in [2.45, 2.75) is 32.5 Å². The molecule has 0 aliphatic carbocycles. The van der Waals surface area contributed by atoms with Crippen molar-refractivity contribution >= 4 is 17.4 Å². The van der Waals surface area contributed by atoms with E-state index in [-0.39, 0.29) is 10.6 Å². The highest BCUT2D eigenvalue weighted by molar-refractivity contribution is 6.33. The third-order valence-corrected chi connectivity index (χ3v) is 2.89. The summed E-state index contributed by atoms with van der Waals surface area (Å²) in [6, 6.07) is 0.900. The number of halogens is 4. The van der Waals surface area contributed by atoms with Gasteiger partial charge in [-0.3, -0.25) is 0 Å². The van der Waals surface area contributed by atoms with E-state index >= 15 is 0 Å². The van der Waals surface area contributed by atoms with Crippen molar-refractivity contribution in [1.29, 1.82) is 0 Å². The molecule has 0 aliphatic heterocycles. The van der Waals surface area contributed by atoms with Crippen LogP contribution < -0.4 is 10.2 Å². The highest BCUT2D eigenvalue weighted by Gasteiger charge is 2.31. The lowest BCUT2D eigenvalue weighted by atomic mass is 10.1. The molecular formula is C13H19ClF3N3. The highest BCUT2D eigenvalue weighted by atomic mass is 35.5. The minimum absolute atomic E-state index is 0.00177. The van der Waals surface area contributed by atoms with Crippen LogP contribution in [0.2, 0.25) is 5.02 Å². The van der Waals surface area contributed by atoms with Gasteiger partial charge in [-0.15, -0.1) is 0 Å².